The summed E-state index contributed by atoms with van der Waals surface area (Å²) in [6.45, 7) is 0. The smallest absolute Gasteiger partial charge is 0.0705 e. The highest BCUT2D eigenvalue weighted by Crippen LogP contribution is 2.18. The largest absolute Gasteiger partial charge is 0.391 e. The second kappa shape index (κ2) is 3.40. The maximum atomic E-state index is 9.22. The van der Waals surface area contributed by atoms with Crippen LogP contribution < -0.4 is 4.84 Å². The molecule has 0 aliphatic heterocycles. The van der Waals surface area contributed by atoms with Crippen LogP contribution in [0.15, 0.2) is 0 Å². The summed E-state index contributed by atoms with van der Waals surface area (Å²) in [5, 5.41) is 9.22. The van der Waals surface area contributed by atoms with Crippen LogP contribution in [0.5, 0.6) is 0 Å². The molecule has 0 saturated heterocycles. The topological polar surface area (TPSA) is 32.3 Å². The van der Waals surface area contributed by atoms with Crippen LogP contribution in [0, 0.1) is 0 Å². The van der Waals surface area contributed by atoms with E-state index < -0.39 is 0 Å². The number of aliphatic hydroxyl groups excluding tert-OH is 1. The van der Waals surface area contributed by atoms with Crippen molar-refractivity contribution in [1.82, 2.24) is 4.84 Å². The lowest BCUT2D eigenvalue weighted by Crippen LogP contribution is -2.37. The van der Waals surface area contributed by atoms with E-state index in [1.807, 2.05) is 0 Å². The first-order valence-electron chi connectivity index (χ1n) is 3.39. The van der Waals surface area contributed by atoms with Gasteiger partial charge in [0.05, 0.1) is 6.10 Å². The fraction of sp³-hybridized carbons (Fsp3) is 1.00. The van der Waals surface area contributed by atoms with Crippen molar-refractivity contribution >= 4 is 11.8 Å². The van der Waals surface area contributed by atoms with Crippen LogP contribution in [0.25, 0.3) is 0 Å². The monoisotopic (exact) mass is 149 g/mol. The molecular formula is C6H12ClNO. The fourth-order valence-corrected chi connectivity index (χ4v) is 1.49. The third-order valence-electron chi connectivity index (χ3n) is 1.87. The maximum Gasteiger partial charge on any atom is 0.0705 e. The fourth-order valence-electron chi connectivity index (χ4n) is 1.24. The molecule has 1 rings (SSSR count). The van der Waals surface area contributed by atoms with Gasteiger partial charge in [-0.15, -0.1) is 0 Å². The Balaban J connectivity index is 2.30. The van der Waals surface area contributed by atoms with Gasteiger partial charge in [0.25, 0.3) is 0 Å². The van der Waals surface area contributed by atoms with Crippen molar-refractivity contribution in [3.8, 4) is 0 Å². The van der Waals surface area contributed by atoms with E-state index >= 15 is 0 Å². The average molecular weight is 150 g/mol. The minimum Gasteiger partial charge on any atom is -0.391 e. The molecule has 2 atom stereocenters. The molecule has 0 aromatic rings. The second-order valence-electron chi connectivity index (χ2n) is 2.57. The first-order valence-corrected chi connectivity index (χ1v) is 3.76. The predicted octanol–water partition coefficient (Wildman–Crippen LogP) is 1.03. The van der Waals surface area contributed by atoms with Crippen LogP contribution >= 0.6 is 11.8 Å². The van der Waals surface area contributed by atoms with E-state index in [4.69, 9.17) is 11.8 Å². The first kappa shape index (κ1) is 7.32. The number of halogens is 1. The van der Waals surface area contributed by atoms with E-state index in [-0.39, 0.29) is 12.1 Å². The van der Waals surface area contributed by atoms with Crippen molar-refractivity contribution < 1.29 is 5.11 Å². The molecular weight excluding hydrogens is 138 g/mol. The zero-order valence-electron chi connectivity index (χ0n) is 5.31. The van der Waals surface area contributed by atoms with Crippen LogP contribution in [-0.4, -0.2) is 17.3 Å². The highest BCUT2D eigenvalue weighted by Gasteiger charge is 2.21. The van der Waals surface area contributed by atoms with Crippen molar-refractivity contribution in [2.45, 2.75) is 37.8 Å². The second-order valence-corrected chi connectivity index (χ2v) is 2.79. The summed E-state index contributed by atoms with van der Waals surface area (Å²) in [5.41, 5.74) is 0. The number of rotatable bonds is 1. The van der Waals surface area contributed by atoms with Gasteiger partial charge in [0, 0.05) is 6.04 Å². The lowest BCUT2D eigenvalue weighted by molar-refractivity contribution is 0.102. The van der Waals surface area contributed by atoms with Crippen LogP contribution in [0.1, 0.15) is 25.7 Å². The van der Waals surface area contributed by atoms with Gasteiger partial charge in [-0.2, -0.15) is 0 Å². The van der Waals surface area contributed by atoms with E-state index in [0.717, 1.165) is 19.3 Å². The van der Waals surface area contributed by atoms with E-state index in [9.17, 15) is 5.11 Å². The molecule has 1 fully saturated rings. The molecule has 1 aliphatic rings. The van der Waals surface area contributed by atoms with E-state index in [1.165, 1.54) is 6.42 Å². The number of nitrogens with one attached hydrogen (secondary N) is 1. The highest BCUT2D eigenvalue weighted by atomic mass is 35.5. The Hall–Kier alpha value is 0.210. The third kappa shape index (κ3) is 1.81. The minimum atomic E-state index is -0.226. The van der Waals surface area contributed by atoms with E-state index in [0.29, 0.717) is 0 Å². The lowest BCUT2D eigenvalue weighted by atomic mass is 9.93. The van der Waals surface area contributed by atoms with Crippen molar-refractivity contribution in [3.05, 3.63) is 0 Å². The standard InChI is InChI=1S/C6H12ClNO/c7-8-5-3-1-2-4-6(5)9/h5-6,8-9H,1-4H2/t5-,6-/m1/s1. The van der Waals surface area contributed by atoms with Crippen LogP contribution in [-0.2, 0) is 0 Å². The van der Waals surface area contributed by atoms with Crippen molar-refractivity contribution in [2.75, 3.05) is 0 Å². The maximum absolute atomic E-state index is 9.22. The Kier molecular flexibility index (Phi) is 2.76. The molecule has 2 nitrogen and oxygen atoms in total. The molecule has 3 heteroatoms. The van der Waals surface area contributed by atoms with Gasteiger partial charge in [-0.05, 0) is 24.6 Å². The molecule has 0 unspecified atom stereocenters. The summed E-state index contributed by atoms with van der Waals surface area (Å²) in [6, 6.07) is 0.125. The molecule has 1 aliphatic carbocycles. The van der Waals surface area contributed by atoms with Crippen molar-refractivity contribution in [2.24, 2.45) is 0 Å². The Bertz CT molecular complexity index is 89.1. The van der Waals surface area contributed by atoms with Crippen molar-refractivity contribution in [3.63, 3.8) is 0 Å². The summed E-state index contributed by atoms with van der Waals surface area (Å²) in [6.07, 6.45) is 3.99. The predicted molar refractivity (Wildman–Crippen MR) is 37.3 cm³/mol. The zero-order chi connectivity index (χ0) is 6.69. The molecule has 9 heavy (non-hydrogen) atoms. The summed E-state index contributed by atoms with van der Waals surface area (Å²) in [4.78, 5) is 2.58. The number of hydrogen-bond donors (Lipinski definition) is 2. The molecule has 0 heterocycles. The van der Waals surface area contributed by atoms with E-state index in [1.54, 1.807) is 0 Å². The van der Waals surface area contributed by atoms with Gasteiger partial charge >= 0.3 is 0 Å². The lowest BCUT2D eigenvalue weighted by Gasteiger charge is -2.25. The quantitative estimate of drug-likeness (QED) is 0.546. The number of hydrogen-bond acceptors (Lipinski definition) is 2. The Morgan fingerprint density at radius 1 is 1.33 bits per heavy atom. The minimum absolute atomic E-state index is 0.125. The van der Waals surface area contributed by atoms with Gasteiger partial charge in [-0.25, -0.2) is 4.84 Å². The summed E-state index contributed by atoms with van der Waals surface area (Å²) in [5.74, 6) is 0. The van der Waals surface area contributed by atoms with Gasteiger partial charge in [0.1, 0.15) is 0 Å². The highest BCUT2D eigenvalue weighted by molar-refractivity contribution is 6.13. The van der Waals surface area contributed by atoms with Crippen LogP contribution in [0.4, 0.5) is 0 Å². The average Bonchev–Trinajstić information content (AvgIpc) is 1.89. The Morgan fingerprint density at radius 3 is 2.44 bits per heavy atom. The van der Waals surface area contributed by atoms with Gasteiger partial charge in [-0.1, -0.05) is 12.8 Å². The zero-order valence-corrected chi connectivity index (χ0v) is 6.06. The Morgan fingerprint density at radius 2 is 2.00 bits per heavy atom. The van der Waals surface area contributed by atoms with Gasteiger partial charge < -0.3 is 5.11 Å². The normalized spacial score (nSPS) is 36.7. The first-order chi connectivity index (χ1) is 4.34. The summed E-state index contributed by atoms with van der Waals surface area (Å²) in [7, 11) is 0. The summed E-state index contributed by atoms with van der Waals surface area (Å²) < 4.78 is 0. The molecule has 2 N–H and O–H groups in total. The van der Waals surface area contributed by atoms with Crippen molar-refractivity contribution in [1.29, 1.82) is 0 Å². The third-order valence-corrected chi connectivity index (χ3v) is 2.15. The Labute approximate surface area is 60.3 Å². The molecule has 0 bridgehead atoms. The SMILES string of the molecule is O[C@@H]1CCCC[C@H]1NCl. The molecule has 54 valence electrons. The molecule has 0 aromatic heterocycles. The number of aliphatic hydroxyl groups is 1. The summed E-state index contributed by atoms with van der Waals surface area (Å²) >= 11 is 5.37. The molecule has 0 amide bonds. The molecule has 0 aromatic carbocycles. The van der Waals surface area contributed by atoms with Gasteiger partial charge in [-0.3, -0.25) is 0 Å². The van der Waals surface area contributed by atoms with Crippen LogP contribution in [0.3, 0.4) is 0 Å². The van der Waals surface area contributed by atoms with Gasteiger partial charge in [0.2, 0.25) is 0 Å². The molecule has 0 radical (unpaired) electrons. The molecule has 1 saturated carbocycles. The molecule has 0 spiro atoms. The van der Waals surface area contributed by atoms with E-state index in [2.05, 4.69) is 4.84 Å². The van der Waals surface area contributed by atoms with Gasteiger partial charge in [0.15, 0.2) is 0 Å². The van der Waals surface area contributed by atoms with Crippen LogP contribution in [0.2, 0.25) is 0 Å².